The molecule has 8 heteroatoms. The molecule has 3 rings (SSSR count). The smallest absolute Gasteiger partial charge is 0.187 e. The summed E-state index contributed by atoms with van der Waals surface area (Å²) in [7, 11) is 0. The van der Waals surface area contributed by atoms with Gasteiger partial charge in [0.25, 0.3) is 0 Å². The molecule has 0 N–H and O–H groups in total. The number of anilines is 2. The highest BCUT2D eigenvalue weighted by molar-refractivity contribution is 5.47. The van der Waals surface area contributed by atoms with Crippen LogP contribution in [0.25, 0.3) is 0 Å². The highest BCUT2D eigenvalue weighted by Crippen LogP contribution is 2.23. The van der Waals surface area contributed by atoms with Crippen LogP contribution in [0.3, 0.4) is 0 Å². The molecular weight excluding hydrogens is 314 g/mol. The van der Waals surface area contributed by atoms with Gasteiger partial charge in [-0.05, 0) is 12.8 Å². The van der Waals surface area contributed by atoms with Crippen molar-refractivity contribution < 1.29 is 8.78 Å². The molecule has 1 aliphatic heterocycles. The molecule has 0 amide bonds. The minimum atomic E-state index is -0.366. The van der Waals surface area contributed by atoms with E-state index in [4.69, 9.17) is 0 Å². The average Bonchev–Trinajstić information content (AvgIpc) is 2.62. The van der Waals surface area contributed by atoms with Crippen LogP contribution in [-0.4, -0.2) is 46.1 Å². The molecular formula is C16H20F2N6. The Morgan fingerprint density at radius 2 is 1.12 bits per heavy atom. The minimum Gasteiger partial charge on any atom is -0.351 e. The van der Waals surface area contributed by atoms with Crippen LogP contribution < -0.4 is 9.80 Å². The zero-order chi connectivity index (χ0) is 17.1. The molecule has 0 atom stereocenters. The average molecular weight is 334 g/mol. The highest BCUT2D eigenvalue weighted by atomic mass is 19.1. The Hall–Kier alpha value is -2.38. The van der Waals surface area contributed by atoms with Crippen LogP contribution in [0.2, 0.25) is 0 Å². The number of aryl methyl sites for hydroxylation is 2. The lowest BCUT2D eigenvalue weighted by atomic mass is 10.2. The van der Waals surface area contributed by atoms with Gasteiger partial charge < -0.3 is 9.80 Å². The molecule has 1 saturated heterocycles. The minimum absolute atomic E-state index is 0.318. The molecule has 0 radical (unpaired) electrons. The third-order valence-electron chi connectivity index (χ3n) is 4.24. The second-order valence-electron chi connectivity index (χ2n) is 5.60. The summed E-state index contributed by atoms with van der Waals surface area (Å²) in [5.41, 5.74) is 0.828. The fourth-order valence-corrected chi connectivity index (χ4v) is 2.86. The molecule has 0 aromatic carbocycles. The van der Waals surface area contributed by atoms with E-state index in [2.05, 4.69) is 19.9 Å². The summed E-state index contributed by atoms with van der Waals surface area (Å²) < 4.78 is 28.8. The van der Waals surface area contributed by atoms with E-state index in [9.17, 15) is 8.78 Å². The highest BCUT2D eigenvalue weighted by Gasteiger charge is 2.25. The van der Waals surface area contributed by atoms with E-state index in [0.29, 0.717) is 62.0 Å². The first-order chi connectivity index (χ1) is 11.7. The van der Waals surface area contributed by atoms with Crippen molar-refractivity contribution in [1.29, 1.82) is 0 Å². The van der Waals surface area contributed by atoms with Crippen LogP contribution >= 0.6 is 0 Å². The Bertz CT molecular complexity index is 654. The number of hydrogen-bond donors (Lipinski definition) is 0. The first-order valence-corrected chi connectivity index (χ1v) is 8.14. The molecule has 3 heterocycles. The fraction of sp³-hybridized carbons (Fsp3) is 0.500. The summed E-state index contributed by atoms with van der Waals surface area (Å²) in [4.78, 5) is 19.8. The first kappa shape index (κ1) is 16.5. The third kappa shape index (κ3) is 3.00. The maximum atomic E-state index is 14.4. The number of rotatable bonds is 4. The predicted molar refractivity (Wildman–Crippen MR) is 87.2 cm³/mol. The Morgan fingerprint density at radius 3 is 1.46 bits per heavy atom. The van der Waals surface area contributed by atoms with Gasteiger partial charge in [-0.25, -0.2) is 28.7 Å². The van der Waals surface area contributed by atoms with Gasteiger partial charge >= 0.3 is 0 Å². The van der Waals surface area contributed by atoms with Crippen LogP contribution in [0.15, 0.2) is 12.7 Å². The predicted octanol–water partition coefficient (Wildman–Crippen LogP) is 2.00. The molecule has 0 spiro atoms. The van der Waals surface area contributed by atoms with E-state index < -0.39 is 0 Å². The number of halogens is 2. The fourth-order valence-electron chi connectivity index (χ4n) is 2.86. The maximum absolute atomic E-state index is 14.4. The van der Waals surface area contributed by atoms with E-state index in [1.807, 2.05) is 23.6 Å². The summed E-state index contributed by atoms with van der Waals surface area (Å²) in [5.74, 6) is -0.0947. The molecule has 2 aromatic heterocycles. The van der Waals surface area contributed by atoms with Gasteiger partial charge in [0.2, 0.25) is 0 Å². The van der Waals surface area contributed by atoms with Gasteiger partial charge in [0, 0.05) is 26.2 Å². The SMILES string of the molecule is CCc1ncnc(N2CCN(c3ncnc(CC)c3F)CC2)c1F. The van der Waals surface area contributed by atoms with Gasteiger partial charge in [0.1, 0.15) is 12.7 Å². The zero-order valence-electron chi connectivity index (χ0n) is 13.8. The van der Waals surface area contributed by atoms with Crippen LogP contribution in [0.4, 0.5) is 20.4 Å². The molecule has 0 saturated carbocycles. The lowest BCUT2D eigenvalue weighted by molar-refractivity contribution is 0.552. The van der Waals surface area contributed by atoms with Crippen LogP contribution in [0.5, 0.6) is 0 Å². The van der Waals surface area contributed by atoms with Crippen LogP contribution in [0, 0.1) is 11.6 Å². The van der Waals surface area contributed by atoms with Gasteiger partial charge in [-0.2, -0.15) is 0 Å². The summed E-state index contributed by atoms with van der Waals surface area (Å²) in [6.45, 7) is 5.89. The maximum Gasteiger partial charge on any atom is 0.187 e. The van der Waals surface area contributed by atoms with E-state index in [1.54, 1.807) is 0 Å². The first-order valence-electron chi connectivity index (χ1n) is 8.14. The summed E-state index contributed by atoms with van der Waals surface area (Å²) in [6.07, 6.45) is 3.82. The Morgan fingerprint density at radius 1 is 0.750 bits per heavy atom. The third-order valence-corrected chi connectivity index (χ3v) is 4.24. The monoisotopic (exact) mass is 334 g/mol. The summed E-state index contributed by atoms with van der Waals surface area (Å²) >= 11 is 0. The lowest BCUT2D eigenvalue weighted by Crippen LogP contribution is -2.47. The van der Waals surface area contributed by atoms with Gasteiger partial charge in [-0.15, -0.1) is 0 Å². The summed E-state index contributed by atoms with van der Waals surface area (Å²) in [6, 6.07) is 0. The van der Waals surface area contributed by atoms with Crippen molar-refractivity contribution in [2.45, 2.75) is 26.7 Å². The lowest BCUT2D eigenvalue weighted by Gasteiger charge is -2.36. The number of nitrogens with zero attached hydrogens (tertiary/aromatic N) is 6. The van der Waals surface area contributed by atoms with Gasteiger partial charge in [0.05, 0.1) is 11.4 Å². The largest absolute Gasteiger partial charge is 0.351 e. The van der Waals surface area contributed by atoms with Gasteiger partial charge in [0.15, 0.2) is 23.3 Å². The molecule has 1 fully saturated rings. The summed E-state index contributed by atoms with van der Waals surface area (Å²) in [5, 5.41) is 0. The normalized spacial score (nSPS) is 15.0. The molecule has 1 aliphatic rings. The Balaban J connectivity index is 1.75. The van der Waals surface area contributed by atoms with Gasteiger partial charge in [-0.1, -0.05) is 13.8 Å². The molecule has 6 nitrogen and oxygen atoms in total. The van der Waals surface area contributed by atoms with E-state index in [1.165, 1.54) is 12.7 Å². The Kier molecular flexibility index (Phi) is 4.82. The molecule has 0 aliphatic carbocycles. The number of piperazine rings is 1. The molecule has 0 unspecified atom stereocenters. The quantitative estimate of drug-likeness (QED) is 0.852. The van der Waals surface area contributed by atoms with Gasteiger partial charge in [-0.3, -0.25) is 0 Å². The van der Waals surface area contributed by atoms with Crippen molar-refractivity contribution in [2.24, 2.45) is 0 Å². The number of hydrogen-bond acceptors (Lipinski definition) is 6. The topological polar surface area (TPSA) is 58.0 Å². The standard InChI is InChI=1S/C16H20F2N6/c1-3-11-13(17)15(21-9-19-11)23-5-7-24(8-6-23)16-14(18)12(4-2)20-10-22-16/h9-10H,3-8H2,1-2H3. The van der Waals surface area contributed by atoms with E-state index in [-0.39, 0.29) is 11.6 Å². The second kappa shape index (κ2) is 7.02. The van der Waals surface area contributed by atoms with Crippen molar-refractivity contribution in [1.82, 2.24) is 19.9 Å². The molecule has 0 bridgehead atoms. The molecule has 2 aromatic rings. The second-order valence-corrected chi connectivity index (χ2v) is 5.60. The molecule has 24 heavy (non-hydrogen) atoms. The van der Waals surface area contributed by atoms with Crippen molar-refractivity contribution in [3.05, 3.63) is 35.7 Å². The van der Waals surface area contributed by atoms with Crippen LogP contribution in [-0.2, 0) is 12.8 Å². The van der Waals surface area contributed by atoms with E-state index >= 15 is 0 Å². The van der Waals surface area contributed by atoms with E-state index in [0.717, 1.165) is 0 Å². The Labute approximate surface area is 139 Å². The van der Waals surface area contributed by atoms with Crippen molar-refractivity contribution in [3.8, 4) is 0 Å². The number of aromatic nitrogens is 4. The zero-order valence-corrected chi connectivity index (χ0v) is 13.8. The van der Waals surface area contributed by atoms with Crippen molar-refractivity contribution >= 4 is 11.6 Å². The molecule has 128 valence electrons. The van der Waals surface area contributed by atoms with Crippen LogP contribution in [0.1, 0.15) is 25.2 Å². The van der Waals surface area contributed by atoms with Crippen molar-refractivity contribution in [2.75, 3.05) is 36.0 Å². The van der Waals surface area contributed by atoms with Crippen molar-refractivity contribution in [3.63, 3.8) is 0 Å².